The number of ether oxygens (including phenoxy) is 1. The number of carbonyl (C=O) groups is 2. The van der Waals surface area contributed by atoms with Gasteiger partial charge in [0.2, 0.25) is 11.8 Å². The first-order chi connectivity index (χ1) is 21.0. The number of rotatable bonds is 12. The molecule has 0 unspecified atom stereocenters. The second kappa shape index (κ2) is 14.4. The molecule has 2 amide bonds. The molecule has 8 nitrogen and oxygen atoms in total. The molecule has 0 saturated carbocycles. The van der Waals surface area contributed by atoms with E-state index in [-0.39, 0.29) is 28.6 Å². The van der Waals surface area contributed by atoms with Crippen molar-refractivity contribution in [2.75, 3.05) is 25.0 Å². The zero-order valence-electron chi connectivity index (χ0n) is 24.5. The number of nitrogens with zero attached hydrogens (tertiary/aromatic N) is 2. The van der Waals surface area contributed by atoms with Crippen molar-refractivity contribution in [3.8, 4) is 5.75 Å². The number of hydrogen-bond acceptors (Lipinski definition) is 5. The molecule has 44 heavy (non-hydrogen) atoms. The minimum Gasteiger partial charge on any atom is -0.495 e. The molecule has 4 aromatic carbocycles. The van der Waals surface area contributed by atoms with Crippen molar-refractivity contribution in [3.63, 3.8) is 0 Å². The van der Waals surface area contributed by atoms with E-state index in [1.165, 1.54) is 73.7 Å². The number of likely N-dealkylation sites (N-methyl/N-ethyl adjacent to an activating group) is 1. The minimum absolute atomic E-state index is 0.0277. The van der Waals surface area contributed by atoms with Crippen LogP contribution in [0.3, 0.4) is 0 Å². The first kappa shape index (κ1) is 32.5. The molecule has 0 fully saturated rings. The molecule has 0 aromatic heterocycles. The first-order valence-corrected chi connectivity index (χ1v) is 15.6. The first-order valence-electron chi connectivity index (χ1n) is 13.8. The predicted molar refractivity (Wildman–Crippen MR) is 169 cm³/mol. The zero-order valence-corrected chi connectivity index (χ0v) is 26.1. The van der Waals surface area contributed by atoms with Gasteiger partial charge in [-0.3, -0.25) is 13.9 Å². The standard InChI is InChI=1S/C33H33ClFN3O5S/c1-23-9-16-28(17-10-23)44(41,42)38(27-15-18-31(43-3)29(34)20-27)22-32(39)37(21-25-11-13-26(35)14-12-25)30(33(40)36-2)19-24-7-5-4-6-8-24/h4-18,20,30H,19,21-22H2,1-3H3,(H,36,40)/t30-/m1/s1. The highest BCUT2D eigenvalue weighted by atomic mass is 35.5. The molecule has 0 saturated heterocycles. The number of sulfonamides is 1. The molecule has 1 N–H and O–H groups in total. The fourth-order valence-corrected chi connectivity index (χ4v) is 6.34. The van der Waals surface area contributed by atoms with Gasteiger partial charge in [-0.1, -0.05) is 71.8 Å². The van der Waals surface area contributed by atoms with Crippen LogP contribution in [0.25, 0.3) is 0 Å². The summed E-state index contributed by atoms with van der Waals surface area (Å²) in [5, 5.41) is 2.78. The van der Waals surface area contributed by atoms with Gasteiger partial charge in [0.1, 0.15) is 24.2 Å². The molecule has 11 heteroatoms. The van der Waals surface area contributed by atoms with E-state index in [1.54, 1.807) is 12.1 Å². The highest BCUT2D eigenvalue weighted by Gasteiger charge is 2.34. The number of aryl methyl sites for hydroxylation is 1. The van der Waals surface area contributed by atoms with Crippen LogP contribution < -0.4 is 14.4 Å². The van der Waals surface area contributed by atoms with Crippen molar-refractivity contribution >= 4 is 39.1 Å². The normalized spacial score (nSPS) is 11.8. The Morgan fingerprint density at radius 1 is 0.932 bits per heavy atom. The Bertz CT molecular complexity index is 1700. The molecule has 0 aliphatic carbocycles. The van der Waals surface area contributed by atoms with E-state index in [2.05, 4.69) is 5.32 Å². The van der Waals surface area contributed by atoms with Gasteiger partial charge in [0.05, 0.1) is 22.7 Å². The molecule has 0 aliphatic heterocycles. The van der Waals surface area contributed by atoms with Crippen LogP contribution in [0.1, 0.15) is 16.7 Å². The van der Waals surface area contributed by atoms with Gasteiger partial charge in [0.25, 0.3) is 10.0 Å². The lowest BCUT2D eigenvalue weighted by atomic mass is 10.0. The van der Waals surface area contributed by atoms with Crippen molar-refractivity contribution < 1.29 is 27.1 Å². The molecular weight excluding hydrogens is 605 g/mol. The van der Waals surface area contributed by atoms with Crippen molar-refractivity contribution in [1.29, 1.82) is 0 Å². The number of nitrogens with one attached hydrogen (secondary N) is 1. The topological polar surface area (TPSA) is 96.0 Å². The molecule has 0 radical (unpaired) electrons. The summed E-state index contributed by atoms with van der Waals surface area (Å²) in [5.41, 5.74) is 2.34. The summed E-state index contributed by atoms with van der Waals surface area (Å²) in [6.45, 7) is 1.11. The van der Waals surface area contributed by atoms with Gasteiger partial charge < -0.3 is 15.0 Å². The van der Waals surface area contributed by atoms with Crippen molar-refractivity contribution in [2.45, 2.75) is 30.8 Å². The molecule has 1 atom stereocenters. The van der Waals surface area contributed by atoms with Crippen LogP contribution in [0, 0.1) is 12.7 Å². The number of carbonyl (C=O) groups excluding carboxylic acids is 2. The lowest BCUT2D eigenvalue weighted by molar-refractivity contribution is -0.139. The zero-order chi connectivity index (χ0) is 31.9. The Labute approximate surface area is 262 Å². The smallest absolute Gasteiger partial charge is 0.264 e. The molecule has 4 aromatic rings. The average Bonchev–Trinajstić information content (AvgIpc) is 3.02. The third-order valence-corrected chi connectivity index (χ3v) is 9.18. The van der Waals surface area contributed by atoms with Crippen LogP contribution in [0.5, 0.6) is 5.75 Å². The summed E-state index contributed by atoms with van der Waals surface area (Å²) in [6, 6.07) is 24.4. The summed E-state index contributed by atoms with van der Waals surface area (Å²) < 4.78 is 48.1. The second-order valence-corrected chi connectivity index (χ2v) is 12.4. The van der Waals surface area contributed by atoms with E-state index in [9.17, 15) is 22.4 Å². The summed E-state index contributed by atoms with van der Waals surface area (Å²) in [6.07, 6.45) is 0.159. The van der Waals surface area contributed by atoms with E-state index in [1.807, 2.05) is 37.3 Å². The SMILES string of the molecule is CNC(=O)[C@@H](Cc1ccccc1)N(Cc1ccc(F)cc1)C(=O)CN(c1ccc(OC)c(Cl)c1)S(=O)(=O)c1ccc(C)cc1. The lowest BCUT2D eigenvalue weighted by Gasteiger charge is -2.33. The van der Waals surface area contributed by atoms with Crippen LogP contribution in [0.15, 0.2) is 102 Å². The second-order valence-electron chi connectivity index (χ2n) is 10.1. The van der Waals surface area contributed by atoms with Crippen LogP contribution in [-0.4, -0.2) is 51.9 Å². The summed E-state index contributed by atoms with van der Waals surface area (Å²) >= 11 is 6.39. The van der Waals surface area contributed by atoms with E-state index >= 15 is 0 Å². The third kappa shape index (κ3) is 7.75. The largest absolute Gasteiger partial charge is 0.495 e. The van der Waals surface area contributed by atoms with Gasteiger partial charge in [-0.2, -0.15) is 0 Å². The molecule has 0 aliphatic rings. The monoisotopic (exact) mass is 637 g/mol. The molecule has 0 heterocycles. The number of benzene rings is 4. The highest BCUT2D eigenvalue weighted by Crippen LogP contribution is 2.32. The van der Waals surface area contributed by atoms with Crippen LogP contribution in [-0.2, 0) is 32.6 Å². The average molecular weight is 638 g/mol. The van der Waals surface area contributed by atoms with E-state index < -0.39 is 40.2 Å². The maximum atomic E-state index is 14.3. The molecular formula is C33H33ClFN3O5S. The van der Waals surface area contributed by atoms with E-state index in [0.29, 0.717) is 11.3 Å². The maximum absolute atomic E-state index is 14.3. The summed E-state index contributed by atoms with van der Waals surface area (Å²) in [5.74, 6) is -1.22. The molecule has 4 rings (SSSR count). The van der Waals surface area contributed by atoms with E-state index in [0.717, 1.165) is 15.4 Å². The van der Waals surface area contributed by atoms with Crippen LogP contribution >= 0.6 is 11.6 Å². The quantitative estimate of drug-likeness (QED) is 0.225. The van der Waals surface area contributed by atoms with Gasteiger partial charge in [-0.05, 0) is 60.5 Å². The highest BCUT2D eigenvalue weighted by molar-refractivity contribution is 7.92. The molecule has 0 spiro atoms. The van der Waals surface area contributed by atoms with Crippen molar-refractivity contribution in [2.24, 2.45) is 0 Å². The van der Waals surface area contributed by atoms with Crippen LogP contribution in [0.2, 0.25) is 5.02 Å². The molecule has 230 valence electrons. The van der Waals surface area contributed by atoms with Gasteiger partial charge in [-0.15, -0.1) is 0 Å². The Morgan fingerprint density at radius 2 is 1.59 bits per heavy atom. The Morgan fingerprint density at radius 3 is 2.18 bits per heavy atom. The molecule has 0 bridgehead atoms. The number of halogens is 2. The van der Waals surface area contributed by atoms with Gasteiger partial charge in [0, 0.05) is 20.0 Å². The summed E-state index contributed by atoms with van der Waals surface area (Å²) in [4.78, 5) is 28.9. The Balaban J connectivity index is 1.80. The fourth-order valence-electron chi connectivity index (χ4n) is 4.68. The lowest BCUT2D eigenvalue weighted by Crippen LogP contribution is -2.53. The number of hydrogen-bond donors (Lipinski definition) is 1. The fraction of sp³-hybridized carbons (Fsp3) is 0.212. The maximum Gasteiger partial charge on any atom is 0.264 e. The predicted octanol–water partition coefficient (Wildman–Crippen LogP) is 5.38. The Hall–Kier alpha value is -4.41. The van der Waals surface area contributed by atoms with Crippen molar-refractivity contribution in [3.05, 3.63) is 125 Å². The van der Waals surface area contributed by atoms with Crippen LogP contribution in [0.4, 0.5) is 10.1 Å². The van der Waals surface area contributed by atoms with Gasteiger partial charge in [-0.25, -0.2) is 12.8 Å². The minimum atomic E-state index is -4.29. The number of methoxy groups -OCH3 is 1. The third-order valence-electron chi connectivity index (χ3n) is 7.09. The van der Waals surface area contributed by atoms with Gasteiger partial charge in [0.15, 0.2) is 0 Å². The van der Waals surface area contributed by atoms with Crippen molar-refractivity contribution in [1.82, 2.24) is 10.2 Å². The van der Waals surface area contributed by atoms with Gasteiger partial charge >= 0.3 is 0 Å². The summed E-state index contributed by atoms with van der Waals surface area (Å²) in [7, 11) is -1.39. The van der Waals surface area contributed by atoms with E-state index in [4.69, 9.17) is 16.3 Å². The Kier molecular flexibility index (Phi) is 10.6. The number of amides is 2. The number of anilines is 1.